The molecule has 0 spiro atoms. The Labute approximate surface area is 183 Å². The molecule has 0 aromatic heterocycles. The van der Waals surface area contributed by atoms with Crippen LogP contribution in [-0.2, 0) is 19.7 Å². The Hall–Kier alpha value is -2.95. The highest BCUT2D eigenvalue weighted by molar-refractivity contribution is 5.68. The van der Waals surface area contributed by atoms with Gasteiger partial charge in [-0.25, -0.2) is 0 Å². The number of aldehydes is 1. The van der Waals surface area contributed by atoms with Crippen LogP contribution in [0, 0.1) is 0 Å². The molecule has 3 aromatic rings. The lowest BCUT2D eigenvalue weighted by Crippen LogP contribution is -2.26. The first kappa shape index (κ1) is 21.3. The molecular weight excluding hydrogens is 388 g/mol. The minimum atomic E-state index is -0.619. The predicted molar refractivity (Wildman–Crippen MR) is 120 cm³/mol. The van der Waals surface area contributed by atoms with Crippen LogP contribution in [0.5, 0.6) is 5.75 Å². The summed E-state index contributed by atoms with van der Waals surface area (Å²) in [6.45, 7) is 1.96. The third-order valence-electron chi connectivity index (χ3n) is 6.04. The molecule has 0 N–H and O–H groups in total. The number of ether oxygens (including phenoxy) is 3. The molecule has 1 fully saturated rings. The number of rotatable bonds is 8. The topological polar surface area (TPSA) is 44.8 Å². The Bertz CT molecular complexity index is 924. The molecule has 1 unspecified atom stereocenters. The number of hydrogen-bond acceptors (Lipinski definition) is 4. The molecule has 0 radical (unpaired) electrons. The van der Waals surface area contributed by atoms with Gasteiger partial charge in [-0.2, -0.15) is 0 Å². The normalized spacial score (nSPS) is 22.6. The maximum Gasteiger partial charge on any atom is 0.159 e. The van der Waals surface area contributed by atoms with Crippen molar-refractivity contribution in [3.63, 3.8) is 0 Å². The first-order valence-electron chi connectivity index (χ1n) is 10.6. The summed E-state index contributed by atoms with van der Waals surface area (Å²) < 4.78 is 18.0. The summed E-state index contributed by atoms with van der Waals surface area (Å²) in [4.78, 5) is 12.0. The standard InChI is InChI=1S/C27H28O4/c1-27(19-28,22-13-15-23(29-2)16-14-22)18-17-24-30-25(20-9-5-3-6-10-20)26(31-24)21-11-7-4-8-12-21/h3-16,19,24-26H,17-18H2,1-2H3/t24?,25-,26+,27-/m0/s1. The maximum atomic E-state index is 12.0. The van der Waals surface area contributed by atoms with Crippen molar-refractivity contribution in [3.05, 3.63) is 102 Å². The van der Waals surface area contributed by atoms with Crippen molar-refractivity contribution in [1.82, 2.24) is 0 Å². The van der Waals surface area contributed by atoms with Gasteiger partial charge in [-0.05, 0) is 48.6 Å². The van der Waals surface area contributed by atoms with Gasteiger partial charge in [0, 0.05) is 5.41 Å². The lowest BCUT2D eigenvalue weighted by Gasteiger charge is -2.25. The second-order valence-corrected chi connectivity index (χ2v) is 8.17. The fraction of sp³-hybridized carbons (Fsp3) is 0.296. The summed E-state index contributed by atoms with van der Waals surface area (Å²) in [6, 6.07) is 28.0. The molecule has 4 rings (SSSR count). The average molecular weight is 417 g/mol. The Morgan fingerprint density at radius 3 is 1.81 bits per heavy atom. The fourth-order valence-corrected chi connectivity index (χ4v) is 4.09. The van der Waals surface area contributed by atoms with E-state index in [1.807, 2.05) is 67.6 Å². The van der Waals surface area contributed by atoms with Gasteiger partial charge in [0.2, 0.25) is 0 Å². The molecule has 0 saturated carbocycles. The van der Waals surface area contributed by atoms with Gasteiger partial charge < -0.3 is 19.0 Å². The van der Waals surface area contributed by atoms with Gasteiger partial charge >= 0.3 is 0 Å². The second kappa shape index (κ2) is 9.46. The Kier molecular flexibility index (Phi) is 6.50. The number of carbonyl (C=O) groups excluding carboxylic acids is 1. The third kappa shape index (κ3) is 4.71. The molecule has 4 nitrogen and oxygen atoms in total. The minimum absolute atomic E-state index is 0.183. The van der Waals surface area contributed by atoms with E-state index in [2.05, 4.69) is 24.3 Å². The smallest absolute Gasteiger partial charge is 0.159 e. The quantitative estimate of drug-likeness (QED) is 0.436. The molecule has 0 aliphatic carbocycles. The number of methoxy groups -OCH3 is 1. The van der Waals surface area contributed by atoms with Gasteiger partial charge in [0.15, 0.2) is 6.29 Å². The molecule has 0 bridgehead atoms. The van der Waals surface area contributed by atoms with Crippen LogP contribution in [0.1, 0.15) is 48.7 Å². The summed E-state index contributed by atoms with van der Waals surface area (Å²) in [5.74, 6) is 0.774. The van der Waals surface area contributed by atoms with E-state index in [1.54, 1.807) is 7.11 Å². The van der Waals surface area contributed by atoms with E-state index in [0.717, 1.165) is 28.7 Å². The van der Waals surface area contributed by atoms with Crippen molar-refractivity contribution in [2.45, 2.75) is 43.7 Å². The zero-order chi connectivity index (χ0) is 21.7. The Balaban J connectivity index is 1.51. The SMILES string of the molecule is COc1ccc([C@](C)(C=O)CCC2O[C@H](c3ccccc3)[C@H](c3ccccc3)O2)cc1. The van der Waals surface area contributed by atoms with Crippen LogP contribution in [0.2, 0.25) is 0 Å². The van der Waals surface area contributed by atoms with Crippen molar-refractivity contribution >= 4 is 6.29 Å². The monoisotopic (exact) mass is 416 g/mol. The van der Waals surface area contributed by atoms with Crippen LogP contribution < -0.4 is 4.74 Å². The fourth-order valence-electron chi connectivity index (χ4n) is 4.09. The van der Waals surface area contributed by atoms with Crippen molar-refractivity contribution in [2.24, 2.45) is 0 Å². The number of hydrogen-bond donors (Lipinski definition) is 0. The number of benzene rings is 3. The zero-order valence-corrected chi connectivity index (χ0v) is 17.9. The van der Waals surface area contributed by atoms with E-state index in [-0.39, 0.29) is 18.5 Å². The zero-order valence-electron chi connectivity index (χ0n) is 17.9. The van der Waals surface area contributed by atoms with E-state index in [0.29, 0.717) is 12.8 Å². The Morgan fingerprint density at radius 1 is 0.839 bits per heavy atom. The number of carbonyl (C=O) groups is 1. The molecule has 31 heavy (non-hydrogen) atoms. The van der Waals surface area contributed by atoms with Crippen LogP contribution in [0.3, 0.4) is 0 Å². The summed E-state index contributed by atoms with van der Waals surface area (Å²) in [6.07, 6.45) is 1.51. The summed E-state index contributed by atoms with van der Waals surface area (Å²) >= 11 is 0. The van der Waals surface area contributed by atoms with Gasteiger partial charge in [-0.3, -0.25) is 0 Å². The van der Waals surface area contributed by atoms with Crippen molar-refractivity contribution in [1.29, 1.82) is 0 Å². The predicted octanol–water partition coefficient (Wildman–Crippen LogP) is 5.79. The Morgan fingerprint density at radius 2 is 1.35 bits per heavy atom. The highest BCUT2D eigenvalue weighted by Gasteiger charge is 2.39. The molecule has 3 aromatic carbocycles. The second-order valence-electron chi connectivity index (χ2n) is 8.17. The molecule has 1 saturated heterocycles. The first-order valence-corrected chi connectivity index (χ1v) is 10.6. The molecule has 4 heteroatoms. The largest absolute Gasteiger partial charge is 0.497 e. The average Bonchev–Trinajstić information content (AvgIpc) is 3.28. The van der Waals surface area contributed by atoms with Gasteiger partial charge in [0.25, 0.3) is 0 Å². The highest BCUT2D eigenvalue weighted by Crippen LogP contribution is 2.44. The van der Waals surface area contributed by atoms with Crippen molar-refractivity contribution in [2.75, 3.05) is 7.11 Å². The molecule has 160 valence electrons. The van der Waals surface area contributed by atoms with Gasteiger partial charge in [0.05, 0.1) is 7.11 Å². The van der Waals surface area contributed by atoms with Crippen LogP contribution >= 0.6 is 0 Å². The maximum absolute atomic E-state index is 12.0. The lowest BCUT2D eigenvalue weighted by molar-refractivity contribution is -0.113. The molecule has 0 amide bonds. The molecular formula is C27H28O4. The summed E-state index contributed by atoms with van der Waals surface area (Å²) in [5.41, 5.74) is 2.52. The lowest BCUT2D eigenvalue weighted by atomic mass is 9.80. The molecule has 1 aliphatic heterocycles. The van der Waals surface area contributed by atoms with E-state index >= 15 is 0 Å². The van der Waals surface area contributed by atoms with Crippen molar-refractivity contribution < 1.29 is 19.0 Å². The highest BCUT2D eigenvalue weighted by atomic mass is 16.7. The van der Waals surface area contributed by atoms with E-state index in [9.17, 15) is 4.79 Å². The molecule has 1 aliphatic rings. The van der Waals surface area contributed by atoms with Crippen LogP contribution in [-0.4, -0.2) is 19.7 Å². The van der Waals surface area contributed by atoms with E-state index in [4.69, 9.17) is 14.2 Å². The van der Waals surface area contributed by atoms with Gasteiger partial charge in [-0.15, -0.1) is 0 Å². The van der Waals surface area contributed by atoms with Gasteiger partial charge in [0.1, 0.15) is 24.2 Å². The molecule has 4 atom stereocenters. The summed E-state index contributed by atoms with van der Waals surface area (Å²) in [7, 11) is 1.63. The van der Waals surface area contributed by atoms with Crippen molar-refractivity contribution in [3.8, 4) is 5.75 Å². The van der Waals surface area contributed by atoms with E-state index < -0.39 is 5.41 Å². The third-order valence-corrected chi connectivity index (χ3v) is 6.04. The van der Waals surface area contributed by atoms with Crippen LogP contribution in [0.25, 0.3) is 0 Å². The minimum Gasteiger partial charge on any atom is -0.497 e. The van der Waals surface area contributed by atoms with E-state index in [1.165, 1.54) is 0 Å². The van der Waals surface area contributed by atoms with Gasteiger partial charge in [-0.1, -0.05) is 72.8 Å². The molecule has 1 heterocycles. The summed E-state index contributed by atoms with van der Waals surface area (Å²) in [5, 5.41) is 0. The van der Waals surface area contributed by atoms with Crippen LogP contribution in [0.15, 0.2) is 84.9 Å². The van der Waals surface area contributed by atoms with Crippen LogP contribution in [0.4, 0.5) is 0 Å². The first-order chi connectivity index (χ1) is 15.1.